The summed E-state index contributed by atoms with van der Waals surface area (Å²) in [6, 6.07) is 1.25. The van der Waals surface area contributed by atoms with Crippen LogP contribution in [0.2, 0.25) is 0 Å². The average Bonchev–Trinajstić information content (AvgIpc) is 1.77. The minimum absolute atomic E-state index is 0.500. The van der Waals surface area contributed by atoms with Crippen molar-refractivity contribution in [3.05, 3.63) is 0 Å². The van der Waals surface area contributed by atoms with E-state index in [1.165, 1.54) is 0 Å². The third-order valence-electron chi connectivity index (χ3n) is 1.64. The second-order valence-electron chi connectivity index (χ2n) is 3.96. The lowest BCUT2D eigenvalue weighted by atomic mass is 10.2. The summed E-state index contributed by atoms with van der Waals surface area (Å²) in [5, 5.41) is 11.4. The van der Waals surface area contributed by atoms with Gasteiger partial charge in [0.1, 0.15) is 0 Å². The molecule has 0 amide bonds. The van der Waals surface area contributed by atoms with Gasteiger partial charge in [0.05, 0.1) is 6.61 Å². The summed E-state index contributed by atoms with van der Waals surface area (Å²) < 4.78 is 4.59. The summed E-state index contributed by atoms with van der Waals surface area (Å²) in [7, 11) is 0. The van der Waals surface area contributed by atoms with Crippen molar-refractivity contribution in [3.63, 3.8) is 0 Å². The highest BCUT2D eigenvalue weighted by Crippen LogP contribution is 2.09. The lowest BCUT2D eigenvalue weighted by Crippen LogP contribution is -2.34. The maximum absolute atomic E-state index is 9.86. The SMILES string of the molecule is CC(C)NC(C)C.O=C(O)C1CCO1. The minimum Gasteiger partial charge on any atom is -0.479 e. The van der Waals surface area contributed by atoms with Crippen LogP contribution in [0.4, 0.5) is 0 Å². The van der Waals surface area contributed by atoms with Gasteiger partial charge < -0.3 is 15.2 Å². The molecule has 4 heteroatoms. The van der Waals surface area contributed by atoms with Crippen molar-refractivity contribution in [1.82, 2.24) is 5.32 Å². The predicted octanol–water partition coefficient (Wildman–Crippen LogP) is 1.25. The van der Waals surface area contributed by atoms with Gasteiger partial charge in [-0.05, 0) is 0 Å². The summed E-state index contributed by atoms with van der Waals surface area (Å²) >= 11 is 0. The van der Waals surface area contributed by atoms with Crippen LogP contribution >= 0.6 is 0 Å². The Morgan fingerprint density at radius 2 is 1.79 bits per heavy atom. The number of hydrogen-bond donors (Lipinski definition) is 2. The van der Waals surface area contributed by atoms with Gasteiger partial charge in [-0.25, -0.2) is 4.79 Å². The van der Waals surface area contributed by atoms with Gasteiger partial charge in [-0.1, -0.05) is 27.7 Å². The van der Waals surface area contributed by atoms with Crippen LogP contribution in [0.3, 0.4) is 0 Å². The molecule has 1 atom stereocenters. The van der Waals surface area contributed by atoms with Gasteiger partial charge in [0.2, 0.25) is 0 Å². The van der Waals surface area contributed by atoms with Crippen molar-refractivity contribution in [2.45, 2.75) is 52.3 Å². The van der Waals surface area contributed by atoms with E-state index in [-0.39, 0.29) is 0 Å². The van der Waals surface area contributed by atoms with Crippen molar-refractivity contribution in [2.24, 2.45) is 0 Å². The molecule has 0 saturated carbocycles. The van der Waals surface area contributed by atoms with E-state index in [2.05, 4.69) is 37.7 Å². The molecule has 1 heterocycles. The Balaban J connectivity index is 0.000000241. The predicted molar refractivity (Wildman–Crippen MR) is 55.4 cm³/mol. The Hall–Kier alpha value is -0.610. The Morgan fingerprint density at radius 3 is 1.79 bits per heavy atom. The first-order valence-electron chi connectivity index (χ1n) is 5.04. The van der Waals surface area contributed by atoms with E-state index in [0.717, 1.165) is 0 Å². The largest absolute Gasteiger partial charge is 0.479 e. The van der Waals surface area contributed by atoms with Crippen molar-refractivity contribution < 1.29 is 14.6 Å². The molecule has 1 rings (SSSR count). The van der Waals surface area contributed by atoms with Crippen LogP contribution in [0.1, 0.15) is 34.1 Å². The van der Waals surface area contributed by atoms with Crippen molar-refractivity contribution >= 4 is 5.97 Å². The van der Waals surface area contributed by atoms with Crippen molar-refractivity contribution in [1.29, 1.82) is 0 Å². The van der Waals surface area contributed by atoms with Gasteiger partial charge >= 0.3 is 5.97 Å². The number of ether oxygens (including phenoxy) is 1. The summed E-state index contributed by atoms with van der Waals surface area (Å²) in [6.07, 6.45) is 0.176. The second kappa shape index (κ2) is 6.79. The van der Waals surface area contributed by atoms with Crippen LogP contribution in [0.25, 0.3) is 0 Å². The van der Waals surface area contributed by atoms with E-state index >= 15 is 0 Å². The molecule has 0 aromatic heterocycles. The highest BCUT2D eigenvalue weighted by Gasteiger charge is 2.24. The van der Waals surface area contributed by atoms with Gasteiger partial charge in [-0.2, -0.15) is 0 Å². The van der Waals surface area contributed by atoms with Gasteiger partial charge in [-0.3, -0.25) is 0 Å². The molecule has 0 aromatic carbocycles. The summed E-state index contributed by atoms with van der Waals surface area (Å²) in [5.41, 5.74) is 0. The summed E-state index contributed by atoms with van der Waals surface area (Å²) in [4.78, 5) is 9.86. The molecular weight excluding hydrogens is 182 g/mol. The number of carboxylic acids is 1. The van der Waals surface area contributed by atoms with Crippen LogP contribution in [0.5, 0.6) is 0 Å². The molecule has 2 N–H and O–H groups in total. The third-order valence-corrected chi connectivity index (χ3v) is 1.64. The van der Waals surface area contributed by atoms with Crippen LogP contribution in [-0.2, 0) is 9.53 Å². The fourth-order valence-corrected chi connectivity index (χ4v) is 1.10. The molecule has 1 unspecified atom stereocenters. The van der Waals surface area contributed by atoms with Crippen LogP contribution < -0.4 is 5.32 Å². The monoisotopic (exact) mass is 203 g/mol. The molecule has 0 aliphatic carbocycles. The topological polar surface area (TPSA) is 58.6 Å². The first-order valence-corrected chi connectivity index (χ1v) is 5.04. The van der Waals surface area contributed by atoms with E-state index in [1.807, 2.05) is 0 Å². The second-order valence-corrected chi connectivity index (χ2v) is 3.96. The Morgan fingerprint density at radius 1 is 1.36 bits per heavy atom. The zero-order valence-electron chi connectivity index (χ0n) is 9.41. The number of aliphatic carboxylic acids is 1. The Kier molecular flexibility index (Phi) is 6.49. The zero-order valence-corrected chi connectivity index (χ0v) is 9.41. The number of carbonyl (C=O) groups is 1. The smallest absolute Gasteiger partial charge is 0.332 e. The molecule has 14 heavy (non-hydrogen) atoms. The van der Waals surface area contributed by atoms with Gasteiger partial charge in [-0.15, -0.1) is 0 Å². The lowest BCUT2D eigenvalue weighted by molar-refractivity contribution is -0.162. The summed E-state index contributed by atoms with van der Waals surface area (Å²) in [5.74, 6) is -0.841. The molecule has 84 valence electrons. The van der Waals surface area contributed by atoms with Crippen LogP contribution in [0.15, 0.2) is 0 Å². The van der Waals surface area contributed by atoms with E-state index in [9.17, 15) is 4.79 Å². The third kappa shape index (κ3) is 6.86. The molecule has 0 bridgehead atoms. The fraction of sp³-hybridized carbons (Fsp3) is 0.900. The van der Waals surface area contributed by atoms with Crippen LogP contribution in [-0.4, -0.2) is 35.9 Å². The molecule has 0 radical (unpaired) electrons. The molecule has 4 nitrogen and oxygen atoms in total. The maximum Gasteiger partial charge on any atom is 0.332 e. The first kappa shape index (κ1) is 13.4. The Labute approximate surface area is 85.6 Å². The summed E-state index contributed by atoms with van der Waals surface area (Å²) in [6.45, 7) is 9.22. The van der Waals surface area contributed by atoms with Crippen molar-refractivity contribution in [3.8, 4) is 0 Å². The normalized spacial score (nSPS) is 20.0. The van der Waals surface area contributed by atoms with Gasteiger partial charge in [0.15, 0.2) is 6.10 Å². The molecule has 1 aliphatic rings. The molecule has 1 fully saturated rings. The highest BCUT2D eigenvalue weighted by atomic mass is 16.5. The zero-order chi connectivity index (χ0) is 11.1. The number of carboxylic acid groups (broad SMARTS) is 1. The molecule has 0 spiro atoms. The standard InChI is InChI=1S/C6H15N.C4H6O3/c1-5(2)7-6(3)4;5-4(6)3-1-2-7-3/h5-7H,1-4H3;3H,1-2H2,(H,5,6). The molecule has 1 aliphatic heterocycles. The van der Waals surface area contributed by atoms with E-state index in [0.29, 0.717) is 25.1 Å². The lowest BCUT2D eigenvalue weighted by Gasteiger charge is -2.21. The fourth-order valence-electron chi connectivity index (χ4n) is 1.10. The van der Waals surface area contributed by atoms with E-state index < -0.39 is 12.1 Å². The molecular formula is C10H21NO3. The first-order chi connectivity index (χ1) is 6.43. The quantitative estimate of drug-likeness (QED) is 0.725. The minimum atomic E-state index is -0.841. The average molecular weight is 203 g/mol. The Bertz CT molecular complexity index is 159. The molecule has 0 aromatic rings. The van der Waals surface area contributed by atoms with Gasteiger partial charge in [0, 0.05) is 18.5 Å². The van der Waals surface area contributed by atoms with E-state index in [4.69, 9.17) is 5.11 Å². The van der Waals surface area contributed by atoms with Gasteiger partial charge in [0.25, 0.3) is 0 Å². The number of nitrogens with one attached hydrogen (secondary N) is 1. The van der Waals surface area contributed by atoms with Crippen LogP contribution in [0, 0.1) is 0 Å². The molecule has 1 saturated heterocycles. The number of hydrogen-bond acceptors (Lipinski definition) is 3. The van der Waals surface area contributed by atoms with Crippen molar-refractivity contribution in [2.75, 3.05) is 6.61 Å². The maximum atomic E-state index is 9.86. The van der Waals surface area contributed by atoms with E-state index in [1.54, 1.807) is 0 Å². The highest BCUT2D eigenvalue weighted by molar-refractivity contribution is 5.72. The number of rotatable bonds is 3.